The van der Waals surface area contributed by atoms with E-state index in [1.54, 1.807) is 6.07 Å². The van der Waals surface area contributed by atoms with E-state index in [9.17, 15) is 18.4 Å². The van der Waals surface area contributed by atoms with Crippen LogP contribution in [0, 0.1) is 23.0 Å². The van der Waals surface area contributed by atoms with Gasteiger partial charge in [0.25, 0.3) is 5.91 Å². The van der Waals surface area contributed by atoms with E-state index in [-0.39, 0.29) is 22.7 Å². The number of carbonyl (C=O) groups excluding carboxylic acids is 2. The normalized spacial score (nSPS) is 18.5. The van der Waals surface area contributed by atoms with Crippen LogP contribution >= 0.6 is 0 Å². The molecule has 3 rings (SSSR count). The van der Waals surface area contributed by atoms with Gasteiger partial charge >= 0.3 is 0 Å². The topological polar surface area (TPSA) is 64.4 Å². The highest BCUT2D eigenvalue weighted by molar-refractivity contribution is 6.07. The molecule has 1 fully saturated rings. The maximum Gasteiger partial charge on any atom is 0.271 e. The molecule has 1 unspecified atom stereocenters. The summed E-state index contributed by atoms with van der Waals surface area (Å²) in [4.78, 5) is 28.1. The summed E-state index contributed by atoms with van der Waals surface area (Å²) in [6.45, 7) is 0. The molecule has 2 aromatic rings. The lowest BCUT2D eigenvalue weighted by molar-refractivity contribution is -0.148. The Balaban J connectivity index is 2.00. The number of nitriles is 1. The molecular formula is C21H17F2N3O2. The van der Waals surface area contributed by atoms with Crippen molar-refractivity contribution >= 4 is 17.9 Å². The zero-order chi connectivity index (χ0) is 20.4. The molecule has 0 aliphatic carbocycles. The minimum Gasteiger partial charge on any atom is -0.328 e. The fourth-order valence-corrected chi connectivity index (χ4v) is 3.14. The molecule has 0 radical (unpaired) electrons. The number of rotatable bonds is 3. The van der Waals surface area contributed by atoms with Gasteiger partial charge in [0.1, 0.15) is 11.7 Å². The van der Waals surface area contributed by atoms with Crippen molar-refractivity contribution in [3.8, 4) is 6.07 Å². The van der Waals surface area contributed by atoms with Gasteiger partial charge < -0.3 is 9.80 Å². The molecule has 0 aromatic heterocycles. The fraction of sp³-hybridized carbons (Fsp3) is 0.190. The van der Waals surface area contributed by atoms with Crippen LogP contribution in [0.3, 0.4) is 0 Å². The summed E-state index contributed by atoms with van der Waals surface area (Å²) in [5, 5.41) is 9.16. The number of carbonyl (C=O) groups is 2. The van der Waals surface area contributed by atoms with Crippen LogP contribution in [-0.2, 0) is 16.0 Å². The molecule has 7 heteroatoms. The smallest absolute Gasteiger partial charge is 0.271 e. The Morgan fingerprint density at radius 3 is 2.43 bits per heavy atom. The van der Waals surface area contributed by atoms with E-state index in [0.29, 0.717) is 6.42 Å². The van der Waals surface area contributed by atoms with Crippen LogP contribution in [0.5, 0.6) is 0 Å². The van der Waals surface area contributed by atoms with E-state index in [4.69, 9.17) is 5.26 Å². The van der Waals surface area contributed by atoms with Gasteiger partial charge in [0.05, 0.1) is 11.6 Å². The first-order valence-electron chi connectivity index (χ1n) is 8.53. The van der Waals surface area contributed by atoms with Gasteiger partial charge in [-0.1, -0.05) is 30.3 Å². The largest absolute Gasteiger partial charge is 0.328 e. The van der Waals surface area contributed by atoms with Crippen LogP contribution in [0.15, 0.2) is 48.2 Å². The van der Waals surface area contributed by atoms with Crippen LogP contribution in [0.4, 0.5) is 8.78 Å². The number of nitrogens with zero attached hydrogens (tertiary/aromatic N) is 3. The Kier molecular flexibility index (Phi) is 5.23. The fourth-order valence-electron chi connectivity index (χ4n) is 3.14. The first-order chi connectivity index (χ1) is 13.3. The predicted molar refractivity (Wildman–Crippen MR) is 98.5 cm³/mol. The van der Waals surface area contributed by atoms with E-state index in [0.717, 1.165) is 28.7 Å². The highest BCUT2D eigenvalue weighted by atomic mass is 19.2. The molecule has 2 amide bonds. The number of likely N-dealkylation sites (N-methyl/N-ethyl adjacent to an activating group) is 2. The van der Waals surface area contributed by atoms with Crippen molar-refractivity contribution in [3.63, 3.8) is 0 Å². The first-order valence-corrected chi connectivity index (χ1v) is 8.53. The van der Waals surface area contributed by atoms with Gasteiger partial charge in [-0.3, -0.25) is 9.59 Å². The summed E-state index contributed by atoms with van der Waals surface area (Å²) in [5.41, 5.74) is 0.275. The molecule has 5 nitrogen and oxygen atoms in total. The number of piperazine rings is 1. The summed E-state index contributed by atoms with van der Waals surface area (Å²) < 4.78 is 27.8. The number of halogens is 2. The Morgan fingerprint density at radius 2 is 1.79 bits per heavy atom. The van der Waals surface area contributed by atoms with Gasteiger partial charge in [0.15, 0.2) is 11.6 Å². The lowest BCUT2D eigenvalue weighted by Gasteiger charge is -2.38. The van der Waals surface area contributed by atoms with Gasteiger partial charge in [0.2, 0.25) is 5.91 Å². The van der Waals surface area contributed by atoms with Crippen LogP contribution in [0.2, 0.25) is 0 Å². The third-order valence-electron chi connectivity index (χ3n) is 4.79. The van der Waals surface area contributed by atoms with E-state index in [1.165, 1.54) is 19.0 Å². The molecule has 0 saturated carbocycles. The molecule has 1 atom stereocenters. The monoisotopic (exact) mass is 381 g/mol. The molecule has 1 aliphatic heterocycles. The van der Waals surface area contributed by atoms with Crippen molar-refractivity contribution in [2.75, 3.05) is 14.1 Å². The molecule has 1 aliphatic rings. The Bertz CT molecular complexity index is 1010. The first kappa shape index (κ1) is 19.2. The van der Waals surface area contributed by atoms with Crippen molar-refractivity contribution in [2.24, 2.45) is 0 Å². The van der Waals surface area contributed by atoms with Gasteiger partial charge in [0, 0.05) is 26.1 Å². The zero-order valence-electron chi connectivity index (χ0n) is 15.3. The lowest BCUT2D eigenvalue weighted by Crippen LogP contribution is -2.56. The number of amides is 2. The molecule has 0 spiro atoms. The highest BCUT2D eigenvalue weighted by Crippen LogP contribution is 2.26. The maximum absolute atomic E-state index is 14.2. The Hall–Kier alpha value is -3.53. The average Bonchev–Trinajstić information content (AvgIpc) is 2.71. The van der Waals surface area contributed by atoms with E-state index in [1.807, 2.05) is 30.3 Å². The van der Waals surface area contributed by atoms with Crippen molar-refractivity contribution in [3.05, 3.63) is 76.5 Å². The summed E-state index contributed by atoms with van der Waals surface area (Å²) >= 11 is 0. The lowest BCUT2D eigenvalue weighted by atomic mass is 9.99. The second kappa shape index (κ2) is 7.61. The van der Waals surface area contributed by atoms with Crippen LogP contribution in [-0.4, -0.2) is 41.8 Å². The summed E-state index contributed by atoms with van der Waals surface area (Å²) in [7, 11) is 2.89. The van der Waals surface area contributed by atoms with Gasteiger partial charge in [-0.15, -0.1) is 0 Å². The molecule has 28 heavy (non-hydrogen) atoms. The van der Waals surface area contributed by atoms with E-state index in [2.05, 4.69) is 0 Å². The molecular weight excluding hydrogens is 364 g/mol. The number of hydrogen-bond acceptors (Lipinski definition) is 3. The number of hydrogen-bond donors (Lipinski definition) is 0. The van der Waals surface area contributed by atoms with Crippen molar-refractivity contribution in [1.82, 2.24) is 9.80 Å². The maximum atomic E-state index is 14.2. The molecule has 1 saturated heterocycles. The van der Waals surface area contributed by atoms with Crippen molar-refractivity contribution in [1.29, 1.82) is 5.26 Å². The predicted octanol–water partition coefficient (Wildman–Crippen LogP) is 2.72. The summed E-state index contributed by atoms with van der Waals surface area (Å²) in [6, 6.07) is 12.3. The van der Waals surface area contributed by atoms with E-state index >= 15 is 0 Å². The summed E-state index contributed by atoms with van der Waals surface area (Å²) in [5.74, 6) is -3.25. The second-order valence-electron chi connectivity index (χ2n) is 6.48. The third kappa shape index (κ3) is 3.37. The summed E-state index contributed by atoms with van der Waals surface area (Å²) in [6.07, 6.45) is 1.38. The average molecular weight is 381 g/mol. The highest BCUT2D eigenvalue weighted by Gasteiger charge is 2.39. The minimum atomic E-state index is -1.24. The van der Waals surface area contributed by atoms with E-state index < -0.39 is 23.6 Å². The molecule has 142 valence electrons. The van der Waals surface area contributed by atoms with Crippen molar-refractivity contribution < 1.29 is 18.4 Å². The minimum absolute atomic E-state index is 0.127. The molecule has 1 heterocycles. The second-order valence-corrected chi connectivity index (χ2v) is 6.48. The SMILES string of the molecule is CN1C(=O)C(Cc2ccccc2)N(C)C(=O)/C1=C/c1c(C#N)ccc(F)c1F. The number of benzene rings is 2. The molecule has 0 N–H and O–H groups in total. The van der Waals surface area contributed by atoms with Gasteiger partial charge in [-0.2, -0.15) is 5.26 Å². The third-order valence-corrected chi connectivity index (χ3v) is 4.79. The Labute approximate surface area is 161 Å². The standard InChI is InChI=1S/C21H17F2N3O2/c1-25-17(10-13-6-4-3-5-7-13)20(27)26(2)18(21(25)28)11-15-14(12-24)8-9-16(22)19(15)23/h3-9,11,17H,10H2,1-2H3/b18-11-. The van der Waals surface area contributed by atoms with Gasteiger partial charge in [-0.05, 0) is 23.8 Å². The zero-order valence-corrected chi connectivity index (χ0v) is 15.3. The Morgan fingerprint density at radius 1 is 1.11 bits per heavy atom. The molecule has 0 bridgehead atoms. The van der Waals surface area contributed by atoms with Crippen LogP contribution in [0.25, 0.3) is 6.08 Å². The van der Waals surface area contributed by atoms with Crippen LogP contribution < -0.4 is 0 Å². The van der Waals surface area contributed by atoms with Crippen LogP contribution in [0.1, 0.15) is 16.7 Å². The van der Waals surface area contributed by atoms with Gasteiger partial charge in [-0.25, -0.2) is 8.78 Å². The molecule has 2 aromatic carbocycles. The van der Waals surface area contributed by atoms with Crippen molar-refractivity contribution in [2.45, 2.75) is 12.5 Å². The quantitative estimate of drug-likeness (QED) is 0.768.